The molecule has 17 nitrogen and oxygen atoms in total. The van der Waals surface area contributed by atoms with Crippen molar-refractivity contribution in [2.75, 3.05) is 39.6 Å². The van der Waals surface area contributed by atoms with E-state index in [-0.39, 0.29) is 25.7 Å². The lowest BCUT2D eigenvalue weighted by atomic mass is 10.0. The molecule has 0 aromatic carbocycles. The van der Waals surface area contributed by atoms with Crippen LogP contribution in [0.15, 0.2) is 0 Å². The van der Waals surface area contributed by atoms with E-state index in [1.165, 1.54) is 257 Å². The van der Waals surface area contributed by atoms with Crippen molar-refractivity contribution >= 4 is 39.5 Å². The van der Waals surface area contributed by atoms with Gasteiger partial charge in [0, 0.05) is 25.7 Å². The highest BCUT2D eigenvalue weighted by Crippen LogP contribution is 2.45. The number of rotatable bonds is 82. The second-order valence-corrected chi connectivity index (χ2v) is 33.7. The number of phosphoric ester groups is 2. The summed E-state index contributed by atoms with van der Waals surface area (Å²) < 4.78 is 68.8. The summed E-state index contributed by atoms with van der Waals surface area (Å²) in [6.45, 7) is 9.69. The fourth-order valence-electron chi connectivity index (χ4n) is 12.9. The summed E-state index contributed by atoms with van der Waals surface area (Å²) in [5, 5.41) is 10.7. The van der Waals surface area contributed by atoms with Gasteiger partial charge in [-0.2, -0.15) is 0 Å². The summed E-state index contributed by atoms with van der Waals surface area (Å²) in [7, 11) is -9.92. The number of phosphoric acid groups is 2. The predicted octanol–water partition coefficient (Wildman–Crippen LogP) is 25.1. The van der Waals surface area contributed by atoms with Gasteiger partial charge in [-0.3, -0.25) is 37.3 Å². The lowest BCUT2D eigenvalue weighted by Gasteiger charge is -2.21. The molecule has 19 heteroatoms. The maximum absolute atomic E-state index is 13.1. The number of carbonyl (C=O) groups excluding carboxylic acids is 4. The lowest BCUT2D eigenvalue weighted by Crippen LogP contribution is -2.30. The Hall–Kier alpha value is -1.94. The Balaban J connectivity index is 5.26. The van der Waals surface area contributed by atoms with Gasteiger partial charge in [0.05, 0.1) is 26.4 Å². The maximum Gasteiger partial charge on any atom is 0.472 e. The minimum Gasteiger partial charge on any atom is -0.462 e. The van der Waals surface area contributed by atoms with E-state index in [2.05, 4.69) is 41.5 Å². The smallest absolute Gasteiger partial charge is 0.462 e. The van der Waals surface area contributed by atoms with Crippen molar-refractivity contribution in [1.82, 2.24) is 0 Å². The number of carbonyl (C=O) groups is 4. The van der Waals surface area contributed by atoms with Crippen LogP contribution in [0.3, 0.4) is 0 Å². The molecule has 0 aromatic heterocycles. The first-order valence-corrected chi connectivity index (χ1v) is 46.0. The van der Waals surface area contributed by atoms with Crippen LogP contribution in [-0.2, 0) is 65.4 Å². The number of aliphatic hydroxyl groups excluding tert-OH is 1. The third-order valence-corrected chi connectivity index (χ3v) is 21.4. The summed E-state index contributed by atoms with van der Waals surface area (Å²) in [6, 6.07) is 0. The van der Waals surface area contributed by atoms with Gasteiger partial charge < -0.3 is 33.8 Å². The Morgan fingerprint density at radius 3 is 0.667 bits per heavy atom. The molecule has 0 aliphatic rings. The molecule has 5 atom stereocenters. The lowest BCUT2D eigenvalue weighted by molar-refractivity contribution is -0.161. The third kappa shape index (κ3) is 76.3. The molecule has 0 heterocycles. The summed E-state index contributed by atoms with van der Waals surface area (Å²) in [6.07, 6.45) is 65.1. The zero-order valence-electron chi connectivity index (χ0n) is 66.9. The molecule has 0 saturated heterocycles. The van der Waals surface area contributed by atoms with Crippen LogP contribution in [0.2, 0.25) is 0 Å². The van der Waals surface area contributed by atoms with E-state index in [9.17, 15) is 43.2 Å². The van der Waals surface area contributed by atoms with E-state index in [4.69, 9.17) is 37.0 Å². The molecule has 0 fully saturated rings. The molecule has 0 radical (unpaired) electrons. The second kappa shape index (κ2) is 74.5. The van der Waals surface area contributed by atoms with Crippen molar-refractivity contribution in [2.24, 2.45) is 11.8 Å². The van der Waals surface area contributed by atoms with Gasteiger partial charge in [-0.1, -0.05) is 388 Å². The maximum atomic E-state index is 13.1. The van der Waals surface area contributed by atoms with Crippen LogP contribution in [-0.4, -0.2) is 96.7 Å². The molecule has 0 rings (SSSR count). The second-order valence-electron chi connectivity index (χ2n) is 30.8. The molecule has 0 aliphatic carbocycles. The number of esters is 4. The van der Waals surface area contributed by atoms with Crippen LogP contribution in [0.1, 0.15) is 440 Å². The standard InChI is InChI=1S/C83H162O17P2/c1-7-9-11-13-15-17-19-21-22-26-30-36-42-48-54-60-66-81(86)94-71-78(99-82(87)67-61-55-49-43-37-31-27-24-23-25-29-33-39-45-51-57-63-75(3)4)73-97-101(89,90)95-69-77(84)70-96-102(91,92)98-74-79(72-93-80(85)65-59-53-47-41-35-28-20-18-16-14-12-10-8-2)100-83(88)68-62-56-50-44-38-32-34-40-46-52-58-64-76(5)6/h75-79,84H,7-74H2,1-6H3,(H,89,90)(H,91,92)/t77-,78-,79-/m1/s1. The van der Waals surface area contributed by atoms with Gasteiger partial charge in [-0.25, -0.2) is 9.13 Å². The molecular formula is C83H162O17P2. The summed E-state index contributed by atoms with van der Waals surface area (Å²) in [5.74, 6) is -0.529. The van der Waals surface area contributed by atoms with Crippen molar-refractivity contribution in [1.29, 1.82) is 0 Å². The highest BCUT2D eigenvalue weighted by Gasteiger charge is 2.30. The normalized spacial score (nSPS) is 13.9. The zero-order valence-corrected chi connectivity index (χ0v) is 68.7. The zero-order chi connectivity index (χ0) is 74.9. The van der Waals surface area contributed by atoms with Gasteiger partial charge >= 0.3 is 39.5 Å². The number of hydrogen-bond donors (Lipinski definition) is 3. The van der Waals surface area contributed by atoms with Crippen molar-refractivity contribution in [2.45, 2.75) is 458 Å². The largest absolute Gasteiger partial charge is 0.472 e. The third-order valence-electron chi connectivity index (χ3n) is 19.5. The van der Waals surface area contributed by atoms with E-state index >= 15 is 0 Å². The van der Waals surface area contributed by atoms with Crippen molar-refractivity contribution in [3.63, 3.8) is 0 Å². The molecule has 0 spiro atoms. The van der Waals surface area contributed by atoms with Crippen molar-refractivity contribution < 1.29 is 80.2 Å². The first-order valence-electron chi connectivity index (χ1n) is 43.0. The molecule has 102 heavy (non-hydrogen) atoms. The van der Waals surface area contributed by atoms with Crippen molar-refractivity contribution in [3.05, 3.63) is 0 Å². The molecule has 606 valence electrons. The van der Waals surface area contributed by atoms with Gasteiger partial charge in [-0.15, -0.1) is 0 Å². The molecule has 2 unspecified atom stereocenters. The van der Waals surface area contributed by atoms with Crippen LogP contribution in [0.5, 0.6) is 0 Å². The van der Waals surface area contributed by atoms with Crippen molar-refractivity contribution in [3.8, 4) is 0 Å². The van der Waals surface area contributed by atoms with Crippen LogP contribution < -0.4 is 0 Å². The van der Waals surface area contributed by atoms with E-state index in [1.807, 2.05) is 0 Å². The number of ether oxygens (including phenoxy) is 4. The van der Waals surface area contributed by atoms with E-state index in [0.29, 0.717) is 25.7 Å². The average Bonchev–Trinajstić information content (AvgIpc) is 0.921. The van der Waals surface area contributed by atoms with E-state index < -0.39 is 97.5 Å². The SMILES string of the molecule is CCCCCCCCCCCCCCCCCCC(=O)OC[C@H](COP(=O)(O)OC[C@@H](O)COP(=O)(O)OC[C@@H](COC(=O)CCCCCCCCCCCCCCC)OC(=O)CCCCCCCCCCCCCC(C)C)OC(=O)CCCCCCCCCCCCCCCCCCC(C)C. The van der Waals surface area contributed by atoms with Crippen LogP contribution in [0.4, 0.5) is 0 Å². The molecule has 0 aromatic rings. The monoisotopic (exact) mass is 1490 g/mol. The van der Waals surface area contributed by atoms with Gasteiger partial charge in [0.2, 0.25) is 0 Å². The van der Waals surface area contributed by atoms with Crippen LogP contribution >= 0.6 is 15.6 Å². The topological polar surface area (TPSA) is 237 Å². The Morgan fingerprint density at radius 2 is 0.451 bits per heavy atom. The summed E-state index contributed by atoms with van der Waals surface area (Å²) >= 11 is 0. The minimum atomic E-state index is -4.96. The van der Waals surface area contributed by atoms with Gasteiger partial charge in [0.25, 0.3) is 0 Å². The molecular weight excluding hydrogens is 1330 g/mol. The van der Waals surface area contributed by atoms with E-state index in [1.54, 1.807) is 0 Å². The van der Waals surface area contributed by atoms with E-state index in [0.717, 1.165) is 102 Å². The predicted molar refractivity (Wildman–Crippen MR) is 418 cm³/mol. The number of unbranched alkanes of at least 4 members (excludes halogenated alkanes) is 52. The summed E-state index contributed by atoms with van der Waals surface area (Å²) in [5.41, 5.74) is 0. The first-order chi connectivity index (χ1) is 49.4. The molecule has 0 bridgehead atoms. The minimum absolute atomic E-state index is 0.107. The Kier molecular flexibility index (Phi) is 73.1. The van der Waals surface area contributed by atoms with Gasteiger partial charge in [0.15, 0.2) is 12.2 Å². The number of aliphatic hydroxyl groups is 1. The molecule has 0 amide bonds. The Labute approximate surface area is 626 Å². The highest BCUT2D eigenvalue weighted by atomic mass is 31.2. The first kappa shape index (κ1) is 100. The average molecular weight is 1490 g/mol. The Bertz CT molecular complexity index is 1960. The molecule has 3 N–H and O–H groups in total. The highest BCUT2D eigenvalue weighted by molar-refractivity contribution is 7.47. The quantitative estimate of drug-likeness (QED) is 0.0222. The van der Waals surface area contributed by atoms with Crippen LogP contribution in [0.25, 0.3) is 0 Å². The van der Waals surface area contributed by atoms with Crippen LogP contribution in [0, 0.1) is 11.8 Å². The van der Waals surface area contributed by atoms with Gasteiger partial charge in [0.1, 0.15) is 19.3 Å². The molecule has 0 aliphatic heterocycles. The molecule has 0 saturated carbocycles. The Morgan fingerprint density at radius 1 is 0.265 bits per heavy atom. The fourth-order valence-corrected chi connectivity index (χ4v) is 14.5. The number of hydrogen-bond acceptors (Lipinski definition) is 15. The summed E-state index contributed by atoms with van der Waals surface area (Å²) in [4.78, 5) is 73.2. The van der Waals surface area contributed by atoms with Gasteiger partial charge in [-0.05, 0) is 37.5 Å². The fraction of sp³-hybridized carbons (Fsp3) is 0.952.